The van der Waals surface area contributed by atoms with Gasteiger partial charge in [0.2, 0.25) is 5.78 Å². The quantitative estimate of drug-likeness (QED) is 0.884. The van der Waals surface area contributed by atoms with E-state index >= 15 is 0 Å². The number of carbonyl (C=O) groups is 1. The van der Waals surface area contributed by atoms with Crippen molar-refractivity contribution < 1.29 is 4.79 Å². The molecular weight excluding hydrogens is 292 g/mol. The number of carbonyl (C=O) groups excluding carboxylic acids is 1. The van der Waals surface area contributed by atoms with E-state index in [1.54, 1.807) is 6.07 Å². The third-order valence-corrected chi connectivity index (χ3v) is 3.44. The maximum atomic E-state index is 12.5. The molecule has 0 aliphatic rings. The van der Waals surface area contributed by atoms with E-state index in [1.165, 1.54) is 0 Å². The molecule has 0 fully saturated rings. The Morgan fingerprint density at radius 1 is 1.39 bits per heavy atom. The van der Waals surface area contributed by atoms with Crippen molar-refractivity contribution in [3.63, 3.8) is 0 Å². The van der Waals surface area contributed by atoms with Crippen molar-refractivity contribution in [3.05, 3.63) is 51.8 Å². The standard InChI is InChI=1S/C14H15BrN2O/c1-3-17-9(2)7-12(16)13(17)14(18)10-5-4-6-11(15)8-10/h4-8H,3,16H2,1-2H3. The summed E-state index contributed by atoms with van der Waals surface area (Å²) in [5, 5.41) is 0. The van der Waals surface area contributed by atoms with Crippen LogP contribution in [-0.2, 0) is 6.54 Å². The van der Waals surface area contributed by atoms with Gasteiger partial charge in [-0.15, -0.1) is 0 Å². The second-order valence-corrected chi connectivity index (χ2v) is 5.09. The zero-order valence-corrected chi connectivity index (χ0v) is 12.0. The molecular formula is C14H15BrN2O. The van der Waals surface area contributed by atoms with Crippen LogP contribution >= 0.6 is 15.9 Å². The van der Waals surface area contributed by atoms with Gasteiger partial charge in [-0.2, -0.15) is 0 Å². The highest BCUT2D eigenvalue weighted by Gasteiger charge is 2.18. The molecule has 2 N–H and O–H groups in total. The van der Waals surface area contributed by atoms with Gasteiger partial charge in [0.15, 0.2) is 0 Å². The fourth-order valence-electron chi connectivity index (χ4n) is 2.13. The lowest BCUT2D eigenvalue weighted by Gasteiger charge is -2.09. The average Bonchev–Trinajstić information content (AvgIpc) is 2.62. The fourth-order valence-corrected chi connectivity index (χ4v) is 2.53. The Bertz CT molecular complexity index is 602. The Kier molecular flexibility index (Phi) is 3.57. The normalized spacial score (nSPS) is 10.6. The molecule has 0 bridgehead atoms. The number of nitrogens with zero attached hydrogens (tertiary/aromatic N) is 1. The van der Waals surface area contributed by atoms with Crippen LogP contribution in [0.5, 0.6) is 0 Å². The number of benzene rings is 1. The number of ketones is 1. The van der Waals surface area contributed by atoms with Crippen molar-refractivity contribution in [1.29, 1.82) is 0 Å². The Labute approximate surface area is 115 Å². The van der Waals surface area contributed by atoms with Crippen LogP contribution in [0, 0.1) is 6.92 Å². The molecule has 0 unspecified atom stereocenters. The summed E-state index contributed by atoms with van der Waals surface area (Å²) in [7, 11) is 0. The summed E-state index contributed by atoms with van der Waals surface area (Å²) in [5.41, 5.74) is 8.71. The van der Waals surface area contributed by atoms with Crippen molar-refractivity contribution >= 4 is 27.4 Å². The number of rotatable bonds is 3. The zero-order chi connectivity index (χ0) is 13.3. The van der Waals surface area contributed by atoms with Crippen molar-refractivity contribution in [2.75, 3.05) is 5.73 Å². The molecule has 0 radical (unpaired) electrons. The third kappa shape index (κ3) is 2.20. The van der Waals surface area contributed by atoms with Gasteiger partial charge in [-0.05, 0) is 32.0 Å². The van der Waals surface area contributed by atoms with Gasteiger partial charge in [-0.3, -0.25) is 4.79 Å². The van der Waals surface area contributed by atoms with Crippen LogP contribution in [0.3, 0.4) is 0 Å². The molecule has 18 heavy (non-hydrogen) atoms. The number of nitrogen functional groups attached to an aromatic ring is 1. The number of halogens is 1. The minimum Gasteiger partial charge on any atom is -0.397 e. The molecule has 1 aromatic heterocycles. The van der Waals surface area contributed by atoms with Crippen LogP contribution < -0.4 is 5.73 Å². The van der Waals surface area contributed by atoms with Gasteiger partial charge in [0, 0.05) is 22.3 Å². The predicted molar refractivity (Wildman–Crippen MR) is 76.8 cm³/mol. The lowest BCUT2D eigenvalue weighted by Crippen LogP contribution is -2.12. The molecule has 4 heteroatoms. The fraction of sp³-hybridized carbons (Fsp3) is 0.214. The largest absolute Gasteiger partial charge is 0.397 e. The van der Waals surface area contributed by atoms with Gasteiger partial charge in [0.25, 0.3) is 0 Å². The first-order valence-corrected chi connectivity index (χ1v) is 6.59. The minimum atomic E-state index is -0.0382. The first-order valence-electron chi connectivity index (χ1n) is 5.80. The Hall–Kier alpha value is -1.55. The molecule has 0 aliphatic heterocycles. The molecule has 2 rings (SSSR count). The van der Waals surface area contributed by atoms with E-state index < -0.39 is 0 Å². The molecule has 94 valence electrons. The zero-order valence-electron chi connectivity index (χ0n) is 10.4. The van der Waals surface area contributed by atoms with Crippen molar-refractivity contribution in [1.82, 2.24) is 4.57 Å². The van der Waals surface area contributed by atoms with Crippen molar-refractivity contribution in [2.45, 2.75) is 20.4 Å². The highest BCUT2D eigenvalue weighted by Crippen LogP contribution is 2.23. The molecule has 0 aliphatic carbocycles. The molecule has 2 aromatic rings. The van der Waals surface area contributed by atoms with Crippen LogP contribution in [0.25, 0.3) is 0 Å². The second kappa shape index (κ2) is 4.98. The van der Waals surface area contributed by atoms with E-state index in [1.807, 2.05) is 42.7 Å². The Morgan fingerprint density at radius 2 is 2.11 bits per heavy atom. The van der Waals surface area contributed by atoms with Crippen LogP contribution in [0.1, 0.15) is 28.7 Å². The van der Waals surface area contributed by atoms with E-state index in [-0.39, 0.29) is 5.78 Å². The molecule has 0 atom stereocenters. The number of nitrogens with two attached hydrogens (primary N) is 1. The second-order valence-electron chi connectivity index (χ2n) is 4.17. The molecule has 0 spiro atoms. The smallest absolute Gasteiger partial charge is 0.211 e. The summed E-state index contributed by atoms with van der Waals surface area (Å²) in [6.07, 6.45) is 0. The van der Waals surface area contributed by atoms with Crippen LogP contribution in [0.15, 0.2) is 34.8 Å². The Morgan fingerprint density at radius 3 is 2.72 bits per heavy atom. The number of aryl methyl sites for hydroxylation is 1. The first kappa shape index (κ1) is 12.9. The van der Waals surface area contributed by atoms with Crippen LogP contribution in [-0.4, -0.2) is 10.4 Å². The van der Waals surface area contributed by atoms with Crippen LogP contribution in [0.4, 0.5) is 5.69 Å². The van der Waals surface area contributed by atoms with Crippen LogP contribution in [0.2, 0.25) is 0 Å². The third-order valence-electron chi connectivity index (χ3n) is 2.95. The Balaban J connectivity index is 2.52. The average molecular weight is 307 g/mol. The monoisotopic (exact) mass is 306 g/mol. The summed E-state index contributed by atoms with van der Waals surface area (Å²) < 4.78 is 2.83. The van der Waals surface area contributed by atoms with Gasteiger partial charge in [-0.25, -0.2) is 0 Å². The van der Waals surface area contributed by atoms with Gasteiger partial charge in [-0.1, -0.05) is 28.1 Å². The van der Waals surface area contributed by atoms with E-state index in [9.17, 15) is 4.79 Å². The summed E-state index contributed by atoms with van der Waals surface area (Å²) in [6, 6.07) is 9.19. The highest BCUT2D eigenvalue weighted by atomic mass is 79.9. The van der Waals surface area contributed by atoms with E-state index in [0.717, 1.165) is 16.7 Å². The predicted octanol–water partition coefficient (Wildman–Crippen LogP) is 3.39. The van der Waals surface area contributed by atoms with Crippen molar-refractivity contribution in [3.8, 4) is 0 Å². The van der Waals surface area contributed by atoms with Gasteiger partial charge < -0.3 is 10.3 Å². The van der Waals surface area contributed by atoms with E-state index in [0.29, 0.717) is 16.9 Å². The summed E-state index contributed by atoms with van der Waals surface area (Å²) >= 11 is 3.37. The lowest BCUT2D eigenvalue weighted by atomic mass is 10.1. The van der Waals surface area contributed by atoms with Gasteiger partial charge in [0.05, 0.1) is 5.69 Å². The SMILES string of the molecule is CCn1c(C)cc(N)c1C(=O)c1cccc(Br)c1. The molecule has 0 saturated heterocycles. The molecule has 1 aromatic carbocycles. The maximum Gasteiger partial charge on any atom is 0.211 e. The van der Waals surface area contributed by atoms with E-state index in [4.69, 9.17) is 5.73 Å². The molecule has 3 nitrogen and oxygen atoms in total. The number of aromatic nitrogens is 1. The molecule has 1 heterocycles. The van der Waals surface area contributed by atoms with Crippen molar-refractivity contribution in [2.24, 2.45) is 0 Å². The topological polar surface area (TPSA) is 48.0 Å². The molecule has 0 amide bonds. The van der Waals surface area contributed by atoms with Gasteiger partial charge in [0.1, 0.15) is 5.69 Å². The first-order chi connectivity index (χ1) is 8.54. The van der Waals surface area contributed by atoms with Gasteiger partial charge >= 0.3 is 0 Å². The number of anilines is 1. The van der Waals surface area contributed by atoms with E-state index in [2.05, 4.69) is 15.9 Å². The molecule has 0 saturated carbocycles. The summed E-state index contributed by atoms with van der Waals surface area (Å²) in [4.78, 5) is 12.5. The minimum absolute atomic E-state index is 0.0382. The maximum absolute atomic E-state index is 12.5. The highest BCUT2D eigenvalue weighted by molar-refractivity contribution is 9.10. The summed E-state index contributed by atoms with van der Waals surface area (Å²) in [6.45, 7) is 4.69. The number of hydrogen-bond donors (Lipinski definition) is 1. The lowest BCUT2D eigenvalue weighted by molar-refractivity contribution is 0.103. The number of hydrogen-bond acceptors (Lipinski definition) is 2. The summed E-state index contributed by atoms with van der Waals surface area (Å²) in [5.74, 6) is -0.0382.